The normalized spacial score (nSPS) is 12.0. The Hall–Kier alpha value is -2.00. The second-order valence-corrected chi connectivity index (χ2v) is 4.97. The summed E-state index contributed by atoms with van der Waals surface area (Å²) in [5, 5.41) is 13.4. The van der Waals surface area contributed by atoms with Gasteiger partial charge in [-0.2, -0.15) is 0 Å². The van der Waals surface area contributed by atoms with Crippen LogP contribution < -0.4 is 10.1 Å². The van der Waals surface area contributed by atoms with Gasteiger partial charge in [0, 0.05) is 12.2 Å². The Bertz CT molecular complexity index is 564. The summed E-state index contributed by atoms with van der Waals surface area (Å²) in [6, 6.07) is 13.7. The molecule has 2 aromatic rings. The van der Waals surface area contributed by atoms with Crippen LogP contribution in [0.25, 0.3) is 0 Å². The Morgan fingerprint density at radius 1 is 1.05 bits per heavy atom. The first-order valence-corrected chi connectivity index (χ1v) is 6.73. The largest absolute Gasteiger partial charge is 0.497 e. The standard InChI is InChI=1S/C17H21NO2/c1-12-4-7-15(10-13(12)2)18-11-17(19)14-5-8-16(20-3)9-6-14/h4-10,17-19H,11H2,1-3H3. The van der Waals surface area contributed by atoms with Crippen LogP contribution in [-0.2, 0) is 0 Å². The molecule has 0 bridgehead atoms. The average Bonchev–Trinajstić information content (AvgIpc) is 2.48. The number of aliphatic hydroxyl groups is 1. The van der Waals surface area contributed by atoms with Crippen molar-refractivity contribution in [1.29, 1.82) is 0 Å². The number of ether oxygens (including phenoxy) is 1. The summed E-state index contributed by atoms with van der Waals surface area (Å²) >= 11 is 0. The van der Waals surface area contributed by atoms with E-state index in [0.29, 0.717) is 6.54 Å². The Balaban J connectivity index is 1.96. The van der Waals surface area contributed by atoms with Gasteiger partial charge in [-0.15, -0.1) is 0 Å². The molecule has 20 heavy (non-hydrogen) atoms. The van der Waals surface area contributed by atoms with Gasteiger partial charge in [0.15, 0.2) is 0 Å². The third-order valence-corrected chi connectivity index (χ3v) is 3.51. The van der Waals surface area contributed by atoms with Gasteiger partial charge in [-0.3, -0.25) is 0 Å². The van der Waals surface area contributed by atoms with E-state index in [1.54, 1.807) is 7.11 Å². The zero-order chi connectivity index (χ0) is 14.5. The number of nitrogens with one attached hydrogen (secondary N) is 1. The lowest BCUT2D eigenvalue weighted by molar-refractivity contribution is 0.191. The molecule has 0 aromatic heterocycles. The van der Waals surface area contributed by atoms with Crippen LogP contribution in [0.5, 0.6) is 5.75 Å². The molecule has 2 N–H and O–H groups in total. The molecule has 0 fully saturated rings. The van der Waals surface area contributed by atoms with Crippen LogP contribution in [0.15, 0.2) is 42.5 Å². The number of aliphatic hydroxyl groups excluding tert-OH is 1. The van der Waals surface area contributed by atoms with Gasteiger partial charge in [0.25, 0.3) is 0 Å². The molecule has 1 atom stereocenters. The second-order valence-electron chi connectivity index (χ2n) is 4.97. The van der Waals surface area contributed by atoms with Crippen LogP contribution in [0.3, 0.4) is 0 Å². The summed E-state index contributed by atoms with van der Waals surface area (Å²) in [6.45, 7) is 4.65. The van der Waals surface area contributed by atoms with Crippen molar-refractivity contribution in [1.82, 2.24) is 0 Å². The Morgan fingerprint density at radius 2 is 1.75 bits per heavy atom. The van der Waals surface area contributed by atoms with Crippen LogP contribution in [-0.4, -0.2) is 18.8 Å². The third-order valence-electron chi connectivity index (χ3n) is 3.51. The smallest absolute Gasteiger partial charge is 0.118 e. The van der Waals surface area contributed by atoms with E-state index < -0.39 is 6.10 Å². The molecule has 3 nitrogen and oxygen atoms in total. The first kappa shape index (κ1) is 14.4. The molecule has 0 saturated carbocycles. The molecule has 0 aliphatic carbocycles. The van der Waals surface area contributed by atoms with Gasteiger partial charge in [0.05, 0.1) is 13.2 Å². The maximum Gasteiger partial charge on any atom is 0.118 e. The van der Waals surface area contributed by atoms with Crippen molar-refractivity contribution in [2.24, 2.45) is 0 Å². The van der Waals surface area contributed by atoms with Gasteiger partial charge in [-0.1, -0.05) is 18.2 Å². The van der Waals surface area contributed by atoms with Crippen molar-refractivity contribution in [2.45, 2.75) is 20.0 Å². The van der Waals surface area contributed by atoms with Gasteiger partial charge in [0.2, 0.25) is 0 Å². The van der Waals surface area contributed by atoms with Crippen molar-refractivity contribution in [2.75, 3.05) is 19.0 Å². The van der Waals surface area contributed by atoms with E-state index in [0.717, 1.165) is 17.0 Å². The zero-order valence-corrected chi connectivity index (χ0v) is 12.2. The van der Waals surface area contributed by atoms with E-state index in [1.165, 1.54) is 11.1 Å². The minimum Gasteiger partial charge on any atom is -0.497 e. The quantitative estimate of drug-likeness (QED) is 0.875. The molecule has 2 rings (SSSR count). The molecule has 0 aliphatic heterocycles. The molecule has 0 spiro atoms. The van der Waals surface area contributed by atoms with Gasteiger partial charge in [-0.05, 0) is 54.8 Å². The topological polar surface area (TPSA) is 41.5 Å². The molecule has 0 aliphatic rings. The fraction of sp³-hybridized carbons (Fsp3) is 0.294. The number of rotatable bonds is 5. The Labute approximate surface area is 120 Å². The molecular formula is C17H21NO2. The molecular weight excluding hydrogens is 250 g/mol. The van der Waals surface area contributed by atoms with Crippen molar-refractivity contribution in [3.05, 3.63) is 59.2 Å². The number of anilines is 1. The second kappa shape index (κ2) is 6.44. The molecule has 0 amide bonds. The fourth-order valence-corrected chi connectivity index (χ4v) is 2.01. The third kappa shape index (κ3) is 3.52. The summed E-state index contributed by atoms with van der Waals surface area (Å²) in [5.41, 5.74) is 4.42. The summed E-state index contributed by atoms with van der Waals surface area (Å²) in [6.07, 6.45) is -0.539. The lowest BCUT2D eigenvalue weighted by Crippen LogP contribution is -2.12. The maximum atomic E-state index is 10.2. The summed E-state index contributed by atoms with van der Waals surface area (Å²) in [7, 11) is 1.63. The van der Waals surface area contributed by atoms with Crippen molar-refractivity contribution in [3.8, 4) is 5.75 Å². The average molecular weight is 271 g/mol. The summed E-state index contributed by atoms with van der Waals surface area (Å²) < 4.78 is 5.11. The SMILES string of the molecule is COc1ccc(C(O)CNc2ccc(C)c(C)c2)cc1. The lowest BCUT2D eigenvalue weighted by atomic mass is 10.1. The first-order valence-electron chi connectivity index (χ1n) is 6.73. The van der Waals surface area contributed by atoms with E-state index >= 15 is 0 Å². The number of aryl methyl sites for hydroxylation is 2. The zero-order valence-electron chi connectivity index (χ0n) is 12.2. The highest BCUT2D eigenvalue weighted by molar-refractivity contribution is 5.48. The van der Waals surface area contributed by atoms with Crippen molar-refractivity contribution < 1.29 is 9.84 Å². The van der Waals surface area contributed by atoms with E-state index in [9.17, 15) is 5.11 Å². The van der Waals surface area contributed by atoms with Crippen molar-refractivity contribution >= 4 is 5.69 Å². The van der Waals surface area contributed by atoms with Crippen molar-refractivity contribution in [3.63, 3.8) is 0 Å². The van der Waals surface area contributed by atoms with Gasteiger partial charge in [-0.25, -0.2) is 0 Å². The van der Waals surface area contributed by atoms with Crippen LogP contribution in [0.1, 0.15) is 22.8 Å². The predicted octanol–water partition coefficient (Wildman–Crippen LogP) is 3.46. The first-order chi connectivity index (χ1) is 9.60. The van der Waals surface area contributed by atoms with Crippen LogP contribution >= 0.6 is 0 Å². The highest BCUT2D eigenvalue weighted by atomic mass is 16.5. The van der Waals surface area contributed by atoms with Crippen LogP contribution in [0, 0.1) is 13.8 Å². The monoisotopic (exact) mass is 271 g/mol. The summed E-state index contributed by atoms with van der Waals surface area (Å²) in [5.74, 6) is 0.795. The van der Waals surface area contributed by atoms with Gasteiger partial charge in [0.1, 0.15) is 5.75 Å². The minimum absolute atomic E-state index is 0.481. The molecule has 3 heteroatoms. The minimum atomic E-state index is -0.539. The highest BCUT2D eigenvalue weighted by Gasteiger charge is 2.07. The Morgan fingerprint density at radius 3 is 2.35 bits per heavy atom. The predicted molar refractivity (Wildman–Crippen MR) is 82.4 cm³/mol. The number of hydrogen-bond donors (Lipinski definition) is 2. The van der Waals surface area contributed by atoms with E-state index in [1.807, 2.05) is 30.3 Å². The van der Waals surface area contributed by atoms with E-state index in [4.69, 9.17) is 4.74 Å². The van der Waals surface area contributed by atoms with E-state index in [-0.39, 0.29) is 0 Å². The molecule has 106 valence electrons. The highest BCUT2D eigenvalue weighted by Crippen LogP contribution is 2.19. The van der Waals surface area contributed by atoms with Gasteiger partial charge < -0.3 is 15.2 Å². The van der Waals surface area contributed by atoms with Crippen LogP contribution in [0.2, 0.25) is 0 Å². The fourth-order valence-electron chi connectivity index (χ4n) is 2.01. The van der Waals surface area contributed by atoms with Crippen LogP contribution in [0.4, 0.5) is 5.69 Å². The number of hydrogen-bond acceptors (Lipinski definition) is 3. The Kier molecular flexibility index (Phi) is 4.64. The number of methoxy groups -OCH3 is 1. The van der Waals surface area contributed by atoms with Gasteiger partial charge >= 0.3 is 0 Å². The maximum absolute atomic E-state index is 10.2. The van der Waals surface area contributed by atoms with E-state index in [2.05, 4.69) is 31.3 Å². The molecule has 0 radical (unpaired) electrons. The molecule has 2 aromatic carbocycles. The molecule has 0 saturated heterocycles. The number of benzene rings is 2. The lowest BCUT2D eigenvalue weighted by Gasteiger charge is -2.14. The molecule has 0 heterocycles. The molecule has 1 unspecified atom stereocenters. The summed E-state index contributed by atoms with van der Waals surface area (Å²) in [4.78, 5) is 0.